The van der Waals surface area contributed by atoms with E-state index in [1.54, 1.807) is 0 Å². The lowest BCUT2D eigenvalue weighted by Gasteiger charge is -2.10. The lowest BCUT2D eigenvalue weighted by atomic mass is 10.3. The van der Waals surface area contributed by atoms with Crippen LogP contribution in [-0.2, 0) is 4.79 Å². The van der Waals surface area contributed by atoms with E-state index in [0.29, 0.717) is 0 Å². The zero-order chi connectivity index (χ0) is 15.2. The molecule has 1 rings (SSSR count). The molecule has 0 heterocycles. The van der Waals surface area contributed by atoms with Crippen molar-refractivity contribution in [1.82, 2.24) is 5.32 Å². The van der Waals surface area contributed by atoms with Crippen molar-refractivity contribution in [2.45, 2.75) is 12.8 Å². The second-order valence-electron chi connectivity index (χ2n) is 3.52. The Morgan fingerprint density at radius 3 is 2.60 bits per heavy atom. The van der Waals surface area contributed by atoms with Gasteiger partial charge in [-0.3, -0.25) is 10.1 Å². The highest BCUT2D eigenvalue weighted by molar-refractivity contribution is 6.19. The molecule has 9 heteroatoms. The predicted octanol–water partition coefficient (Wildman–Crippen LogP) is 2.86. The lowest BCUT2D eigenvalue weighted by Crippen LogP contribution is -2.34. The third-order valence-corrected chi connectivity index (χ3v) is 2.09. The number of urea groups is 1. The molecule has 0 radical (unpaired) electrons. The molecule has 2 N–H and O–H groups in total. The van der Waals surface area contributed by atoms with Gasteiger partial charge in [-0.1, -0.05) is 6.07 Å². The summed E-state index contributed by atoms with van der Waals surface area (Å²) in [5.74, 6) is -1.03. The molecule has 1 aromatic carbocycles. The smallest absolute Gasteiger partial charge is 0.406 e. The van der Waals surface area contributed by atoms with Crippen molar-refractivity contribution >= 4 is 29.2 Å². The number of halogens is 4. The first-order valence-corrected chi connectivity index (χ1v) is 5.86. The molecule has 0 atom stereocenters. The topological polar surface area (TPSA) is 67.4 Å². The lowest BCUT2D eigenvalue weighted by molar-refractivity contribution is -0.274. The normalized spacial score (nSPS) is 10.8. The number of carbonyl (C=O) groups excluding carboxylic acids is 2. The second-order valence-corrected chi connectivity index (χ2v) is 3.89. The molecule has 1 aromatic rings. The van der Waals surface area contributed by atoms with Crippen LogP contribution in [0.25, 0.3) is 0 Å². The van der Waals surface area contributed by atoms with E-state index in [0.717, 1.165) is 12.1 Å². The number of carbonyl (C=O) groups is 2. The quantitative estimate of drug-likeness (QED) is 0.840. The average molecular weight is 311 g/mol. The first-order valence-electron chi connectivity index (χ1n) is 5.33. The Kier molecular flexibility index (Phi) is 5.63. The summed E-state index contributed by atoms with van der Waals surface area (Å²) in [6, 6.07) is 3.78. The Labute approximate surface area is 117 Å². The summed E-state index contributed by atoms with van der Waals surface area (Å²) < 4.78 is 39.7. The summed E-state index contributed by atoms with van der Waals surface area (Å²) in [5.41, 5.74) is 0.0444. The maximum atomic E-state index is 12.0. The number of amides is 3. The summed E-state index contributed by atoms with van der Waals surface area (Å²) in [4.78, 5) is 22.4. The van der Waals surface area contributed by atoms with Crippen LogP contribution >= 0.6 is 11.6 Å². The van der Waals surface area contributed by atoms with Gasteiger partial charge in [-0.2, -0.15) is 0 Å². The highest BCUT2D eigenvalue weighted by Crippen LogP contribution is 2.24. The number of alkyl halides is 4. The largest absolute Gasteiger partial charge is 0.573 e. The van der Waals surface area contributed by atoms with E-state index in [4.69, 9.17) is 11.6 Å². The first-order chi connectivity index (χ1) is 9.30. The minimum absolute atomic E-state index is 0.0444. The molecule has 0 aliphatic rings. The van der Waals surface area contributed by atoms with Crippen molar-refractivity contribution in [3.63, 3.8) is 0 Å². The number of rotatable bonds is 4. The predicted molar refractivity (Wildman–Crippen MR) is 65.6 cm³/mol. The number of ether oxygens (including phenoxy) is 1. The molecule has 0 spiro atoms. The SMILES string of the molecule is O=C(CCCl)NC(=O)Nc1cccc(OC(F)(F)F)c1. The molecule has 0 aromatic heterocycles. The van der Waals surface area contributed by atoms with E-state index in [1.165, 1.54) is 12.1 Å². The van der Waals surface area contributed by atoms with Gasteiger partial charge in [-0.25, -0.2) is 4.79 Å². The highest BCUT2D eigenvalue weighted by atomic mass is 35.5. The molecular formula is C11H10ClF3N2O3. The van der Waals surface area contributed by atoms with Crippen LogP contribution in [0.4, 0.5) is 23.7 Å². The standard InChI is InChI=1S/C11H10ClF3N2O3/c12-5-4-9(18)17-10(19)16-7-2-1-3-8(6-7)20-11(13,14)15/h1-3,6H,4-5H2,(H2,16,17,18,19). The number of nitrogens with one attached hydrogen (secondary N) is 2. The fourth-order valence-corrected chi connectivity index (χ4v) is 1.38. The van der Waals surface area contributed by atoms with Crippen LogP contribution < -0.4 is 15.4 Å². The van der Waals surface area contributed by atoms with Gasteiger partial charge >= 0.3 is 12.4 Å². The fourth-order valence-electron chi connectivity index (χ4n) is 1.21. The van der Waals surface area contributed by atoms with Gasteiger partial charge in [0, 0.05) is 24.1 Å². The third-order valence-electron chi connectivity index (χ3n) is 1.90. The Hall–Kier alpha value is -1.96. The van der Waals surface area contributed by atoms with Crippen LogP contribution in [0.15, 0.2) is 24.3 Å². The summed E-state index contributed by atoms with van der Waals surface area (Å²) >= 11 is 5.31. The van der Waals surface area contributed by atoms with E-state index in [1.807, 2.05) is 5.32 Å². The number of anilines is 1. The van der Waals surface area contributed by atoms with E-state index in [-0.39, 0.29) is 18.0 Å². The Morgan fingerprint density at radius 1 is 1.30 bits per heavy atom. The number of imide groups is 1. The number of hydrogen-bond donors (Lipinski definition) is 2. The molecule has 0 aliphatic heterocycles. The van der Waals surface area contributed by atoms with Crippen molar-refractivity contribution in [2.24, 2.45) is 0 Å². The van der Waals surface area contributed by atoms with Crippen molar-refractivity contribution in [1.29, 1.82) is 0 Å². The van der Waals surface area contributed by atoms with Crippen molar-refractivity contribution < 1.29 is 27.5 Å². The van der Waals surface area contributed by atoms with Crippen LogP contribution in [-0.4, -0.2) is 24.2 Å². The maximum absolute atomic E-state index is 12.0. The molecule has 0 unspecified atom stereocenters. The van der Waals surface area contributed by atoms with Crippen LogP contribution in [0, 0.1) is 0 Å². The molecular weight excluding hydrogens is 301 g/mol. The second kappa shape index (κ2) is 6.99. The van der Waals surface area contributed by atoms with Gasteiger partial charge in [-0.05, 0) is 12.1 Å². The van der Waals surface area contributed by atoms with Crippen molar-refractivity contribution in [3.05, 3.63) is 24.3 Å². The van der Waals surface area contributed by atoms with Gasteiger partial charge in [0.25, 0.3) is 0 Å². The Morgan fingerprint density at radius 2 is 2.00 bits per heavy atom. The van der Waals surface area contributed by atoms with E-state index in [2.05, 4.69) is 10.1 Å². The van der Waals surface area contributed by atoms with Crippen molar-refractivity contribution in [3.8, 4) is 5.75 Å². The molecule has 110 valence electrons. The van der Waals surface area contributed by atoms with Crippen LogP contribution in [0.2, 0.25) is 0 Å². The summed E-state index contributed by atoms with van der Waals surface area (Å²) in [6.07, 6.45) is -4.87. The number of benzene rings is 1. The molecule has 0 bridgehead atoms. The fraction of sp³-hybridized carbons (Fsp3) is 0.273. The molecule has 20 heavy (non-hydrogen) atoms. The third kappa shape index (κ3) is 6.28. The van der Waals surface area contributed by atoms with Gasteiger partial charge < -0.3 is 10.1 Å². The van der Waals surface area contributed by atoms with Gasteiger partial charge in [0.1, 0.15) is 5.75 Å². The zero-order valence-corrected chi connectivity index (χ0v) is 10.7. The van der Waals surface area contributed by atoms with Crippen LogP contribution in [0.3, 0.4) is 0 Å². The average Bonchev–Trinajstić information content (AvgIpc) is 2.26. The highest BCUT2D eigenvalue weighted by Gasteiger charge is 2.31. The molecule has 5 nitrogen and oxygen atoms in total. The zero-order valence-electron chi connectivity index (χ0n) is 9.96. The Bertz CT molecular complexity index is 494. The molecule has 3 amide bonds. The van der Waals surface area contributed by atoms with Crippen LogP contribution in [0.1, 0.15) is 6.42 Å². The molecule has 0 saturated heterocycles. The van der Waals surface area contributed by atoms with Crippen molar-refractivity contribution in [2.75, 3.05) is 11.2 Å². The van der Waals surface area contributed by atoms with E-state index < -0.39 is 24.1 Å². The molecule has 0 aliphatic carbocycles. The van der Waals surface area contributed by atoms with Gasteiger partial charge in [-0.15, -0.1) is 24.8 Å². The van der Waals surface area contributed by atoms with Gasteiger partial charge in [0.05, 0.1) is 0 Å². The maximum Gasteiger partial charge on any atom is 0.573 e. The molecule has 0 saturated carbocycles. The van der Waals surface area contributed by atoms with E-state index >= 15 is 0 Å². The summed E-state index contributed by atoms with van der Waals surface area (Å²) in [7, 11) is 0. The van der Waals surface area contributed by atoms with Gasteiger partial charge in [0.2, 0.25) is 5.91 Å². The minimum atomic E-state index is -4.82. The number of hydrogen-bond acceptors (Lipinski definition) is 3. The summed E-state index contributed by atoms with van der Waals surface area (Å²) in [5, 5.41) is 4.16. The minimum Gasteiger partial charge on any atom is -0.406 e. The van der Waals surface area contributed by atoms with E-state index in [9.17, 15) is 22.8 Å². The Balaban J connectivity index is 2.62. The van der Waals surface area contributed by atoms with Gasteiger partial charge in [0.15, 0.2) is 0 Å². The van der Waals surface area contributed by atoms with Crippen LogP contribution in [0.5, 0.6) is 5.75 Å². The first kappa shape index (κ1) is 16.1. The monoisotopic (exact) mass is 310 g/mol. The summed E-state index contributed by atoms with van der Waals surface area (Å²) in [6.45, 7) is 0. The molecule has 0 fully saturated rings.